The smallest absolute Gasteiger partial charge is 0.240 e. The lowest BCUT2D eigenvalue weighted by Gasteiger charge is -2.34. The van der Waals surface area contributed by atoms with Crippen LogP contribution in [0.25, 0.3) is 0 Å². The van der Waals surface area contributed by atoms with E-state index < -0.39 is 6.04 Å². The highest BCUT2D eigenvalue weighted by Gasteiger charge is 2.31. The topological polar surface area (TPSA) is 70.1 Å². The Labute approximate surface area is 98.4 Å². The second-order valence-corrected chi connectivity index (χ2v) is 5.38. The molecule has 0 saturated heterocycles. The molecule has 0 aromatic rings. The van der Waals surface area contributed by atoms with Gasteiger partial charge in [-0.05, 0) is 19.3 Å². The first-order valence-electron chi connectivity index (χ1n) is 5.64. The Bertz CT molecular complexity index is 273. The lowest BCUT2D eigenvalue weighted by atomic mass is 9.86. The van der Waals surface area contributed by atoms with Gasteiger partial charge in [0.15, 0.2) is 0 Å². The first kappa shape index (κ1) is 14.9. The maximum absolute atomic E-state index is 12.1. The van der Waals surface area contributed by atoms with Gasteiger partial charge in [0.1, 0.15) is 0 Å². The minimum absolute atomic E-state index is 0.0715. The molecule has 0 saturated carbocycles. The first-order valence-corrected chi connectivity index (χ1v) is 5.64. The van der Waals surface area contributed by atoms with Gasteiger partial charge in [0.2, 0.25) is 5.91 Å². The molecule has 4 nitrogen and oxygen atoms in total. The molecule has 0 bridgehead atoms. The summed E-state index contributed by atoms with van der Waals surface area (Å²) in [6, 6.07) is 1.61. The quantitative estimate of drug-likeness (QED) is 0.788. The minimum Gasteiger partial charge on any atom is -0.338 e. The zero-order valence-corrected chi connectivity index (χ0v) is 10.9. The third-order valence-corrected chi connectivity index (χ3v) is 2.57. The second-order valence-electron chi connectivity index (χ2n) is 5.38. The summed E-state index contributed by atoms with van der Waals surface area (Å²) in [6.45, 7) is 10.2. The molecule has 0 aromatic carbocycles. The van der Waals surface area contributed by atoms with Crippen molar-refractivity contribution in [2.75, 3.05) is 6.54 Å². The Morgan fingerprint density at radius 2 is 1.94 bits per heavy atom. The van der Waals surface area contributed by atoms with Crippen molar-refractivity contribution in [2.24, 2.45) is 11.1 Å². The lowest BCUT2D eigenvalue weighted by Crippen LogP contribution is -2.52. The normalized spacial score (nSPS) is 13.4. The number of hydrogen-bond acceptors (Lipinski definition) is 3. The van der Waals surface area contributed by atoms with Crippen LogP contribution in [0, 0.1) is 16.7 Å². The minimum atomic E-state index is -0.520. The van der Waals surface area contributed by atoms with Gasteiger partial charge in [-0.3, -0.25) is 4.79 Å². The van der Waals surface area contributed by atoms with Gasteiger partial charge in [-0.25, -0.2) is 0 Å². The molecule has 0 aliphatic carbocycles. The van der Waals surface area contributed by atoms with Crippen LogP contribution in [0.3, 0.4) is 0 Å². The number of hydrogen-bond donors (Lipinski definition) is 1. The molecule has 0 rings (SSSR count). The predicted octanol–water partition coefficient (Wildman–Crippen LogP) is 1.51. The molecule has 0 spiro atoms. The fraction of sp³-hybridized carbons (Fsp3) is 0.833. The van der Waals surface area contributed by atoms with Crippen molar-refractivity contribution in [3.63, 3.8) is 0 Å². The van der Waals surface area contributed by atoms with E-state index in [4.69, 9.17) is 11.0 Å². The average molecular weight is 225 g/mol. The van der Waals surface area contributed by atoms with E-state index in [0.29, 0.717) is 13.0 Å². The molecule has 0 heterocycles. The lowest BCUT2D eigenvalue weighted by molar-refractivity contribution is -0.136. The summed E-state index contributed by atoms with van der Waals surface area (Å²) in [6.07, 6.45) is 0.348. The summed E-state index contributed by atoms with van der Waals surface area (Å²) in [5, 5.41) is 8.56. The number of rotatable bonds is 4. The van der Waals surface area contributed by atoms with Gasteiger partial charge in [-0.2, -0.15) is 5.26 Å². The van der Waals surface area contributed by atoms with Crippen LogP contribution in [-0.2, 0) is 4.79 Å². The van der Waals surface area contributed by atoms with E-state index in [1.54, 1.807) is 4.90 Å². The zero-order valence-electron chi connectivity index (χ0n) is 10.9. The first-order chi connectivity index (χ1) is 7.21. The molecule has 0 aromatic heterocycles. The third-order valence-electron chi connectivity index (χ3n) is 2.57. The number of nitrogens with two attached hydrogens (primary N) is 1. The van der Waals surface area contributed by atoms with Gasteiger partial charge in [0, 0.05) is 12.6 Å². The van der Waals surface area contributed by atoms with Gasteiger partial charge in [0.05, 0.1) is 18.5 Å². The van der Waals surface area contributed by atoms with Crippen LogP contribution in [0.5, 0.6) is 0 Å². The van der Waals surface area contributed by atoms with Crippen molar-refractivity contribution < 1.29 is 4.79 Å². The van der Waals surface area contributed by atoms with Crippen LogP contribution >= 0.6 is 0 Å². The van der Waals surface area contributed by atoms with Crippen LogP contribution < -0.4 is 5.73 Å². The van der Waals surface area contributed by atoms with Gasteiger partial charge in [0.25, 0.3) is 0 Å². The van der Waals surface area contributed by atoms with E-state index >= 15 is 0 Å². The fourth-order valence-corrected chi connectivity index (χ4v) is 1.34. The maximum Gasteiger partial charge on any atom is 0.240 e. The van der Waals surface area contributed by atoms with E-state index in [9.17, 15) is 4.79 Å². The van der Waals surface area contributed by atoms with Crippen molar-refractivity contribution in [1.82, 2.24) is 4.90 Å². The monoisotopic (exact) mass is 225 g/mol. The molecule has 16 heavy (non-hydrogen) atoms. The zero-order chi connectivity index (χ0) is 12.9. The fourth-order valence-electron chi connectivity index (χ4n) is 1.34. The summed E-state index contributed by atoms with van der Waals surface area (Å²) in [5.74, 6) is -0.0715. The molecule has 92 valence electrons. The SMILES string of the molecule is CC(C)N(CCC#N)C(=O)[C@@H](N)C(C)(C)C. The number of carbonyl (C=O) groups excluding carboxylic acids is 1. The van der Waals surface area contributed by atoms with Crippen LogP contribution in [-0.4, -0.2) is 29.4 Å². The van der Waals surface area contributed by atoms with Crippen LogP contribution in [0.15, 0.2) is 0 Å². The maximum atomic E-state index is 12.1. The molecular weight excluding hydrogens is 202 g/mol. The Hall–Kier alpha value is -1.08. The van der Waals surface area contributed by atoms with Crippen LogP contribution in [0.1, 0.15) is 41.0 Å². The Morgan fingerprint density at radius 1 is 1.44 bits per heavy atom. The van der Waals surface area contributed by atoms with Crippen molar-refractivity contribution in [1.29, 1.82) is 5.26 Å². The number of amides is 1. The van der Waals surface area contributed by atoms with Gasteiger partial charge in [-0.1, -0.05) is 20.8 Å². The summed E-state index contributed by atoms with van der Waals surface area (Å²) in [5.41, 5.74) is 5.68. The van der Waals surface area contributed by atoms with E-state index in [1.807, 2.05) is 34.6 Å². The highest BCUT2D eigenvalue weighted by molar-refractivity contribution is 5.82. The highest BCUT2D eigenvalue weighted by atomic mass is 16.2. The number of nitrogens with zero attached hydrogens (tertiary/aromatic N) is 2. The molecule has 0 aliphatic heterocycles. The molecule has 0 radical (unpaired) electrons. The Morgan fingerprint density at radius 3 is 2.25 bits per heavy atom. The number of carbonyl (C=O) groups is 1. The predicted molar refractivity (Wildman–Crippen MR) is 64.5 cm³/mol. The highest BCUT2D eigenvalue weighted by Crippen LogP contribution is 2.20. The summed E-state index contributed by atoms with van der Waals surface area (Å²) in [4.78, 5) is 13.8. The van der Waals surface area contributed by atoms with Crippen molar-refractivity contribution in [3.8, 4) is 6.07 Å². The van der Waals surface area contributed by atoms with E-state index in [0.717, 1.165) is 0 Å². The van der Waals surface area contributed by atoms with E-state index in [2.05, 4.69) is 6.07 Å². The van der Waals surface area contributed by atoms with Crippen molar-refractivity contribution >= 4 is 5.91 Å². The van der Waals surface area contributed by atoms with Crippen molar-refractivity contribution in [3.05, 3.63) is 0 Å². The van der Waals surface area contributed by atoms with E-state index in [1.165, 1.54) is 0 Å². The Balaban J connectivity index is 4.69. The standard InChI is InChI=1S/C12H23N3O/c1-9(2)15(8-6-7-13)11(16)10(14)12(3,4)5/h9-10H,6,8,14H2,1-5H3/t10-/m1/s1. The molecule has 0 fully saturated rings. The molecule has 0 aliphatic rings. The van der Waals surface area contributed by atoms with Gasteiger partial charge < -0.3 is 10.6 Å². The molecule has 0 unspecified atom stereocenters. The largest absolute Gasteiger partial charge is 0.338 e. The van der Waals surface area contributed by atoms with Gasteiger partial charge >= 0.3 is 0 Å². The molecule has 4 heteroatoms. The summed E-state index contributed by atoms with van der Waals surface area (Å²) in [7, 11) is 0. The second kappa shape index (κ2) is 5.86. The summed E-state index contributed by atoms with van der Waals surface area (Å²) < 4.78 is 0. The molecular formula is C12H23N3O. The molecule has 1 amide bonds. The van der Waals surface area contributed by atoms with Crippen LogP contribution in [0.2, 0.25) is 0 Å². The van der Waals surface area contributed by atoms with E-state index in [-0.39, 0.29) is 17.4 Å². The molecule has 2 N–H and O–H groups in total. The summed E-state index contributed by atoms with van der Waals surface area (Å²) >= 11 is 0. The average Bonchev–Trinajstić information content (AvgIpc) is 2.15. The van der Waals surface area contributed by atoms with Crippen LogP contribution in [0.4, 0.5) is 0 Å². The van der Waals surface area contributed by atoms with Crippen molar-refractivity contribution in [2.45, 2.75) is 53.1 Å². The Kier molecular flexibility index (Phi) is 5.46. The number of nitriles is 1. The third kappa shape index (κ3) is 4.19. The molecule has 1 atom stereocenters. The van der Waals surface area contributed by atoms with Gasteiger partial charge in [-0.15, -0.1) is 0 Å².